The molecule has 0 saturated carbocycles. The SMILES string of the molecule is Cn1ccnc1-n1ccoc2ccccc2c2ccccc21. The van der Waals surface area contributed by atoms with Gasteiger partial charge in [0.15, 0.2) is 0 Å². The summed E-state index contributed by atoms with van der Waals surface area (Å²) in [5.41, 5.74) is 1.93. The molecule has 22 heavy (non-hydrogen) atoms. The number of aromatic nitrogens is 3. The van der Waals surface area contributed by atoms with Gasteiger partial charge in [-0.05, 0) is 12.1 Å². The Balaban J connectivity index is 2.23. The number of imidazole rings is 1. The van der Waals surface area contributed by atoms with Crippen molar-refractivity contribution >= 4 is 21.9 Å². The van der Waals surface area contributed by atoms with Crippen molar-refractivity contribution in [3.05, 3.63) is 73.4 Å². The minimum atomic E-state index is 0.840. The lowest BCUT2D eigenvalue weighted by molar-refractivity contribution is 0.600. The summed E-state index contributed by atoms with van der Waals surface area (Å²) in [6.07, 6.45) is 7.32. The fourth-order valence-electron chi connectivity index (χ4n) is 2.71. The zero-order chi connectivity index (χ0) is 14.9. The van der Waals surface area contributed by atoms with E-state index < -0.39 is 0 Å². The molecule has 0 bridgehead atoms. The lowest BCUT2D eigenvalue weighted by Crippen LogP contribution is -2.03. The number of rotatable bonds is 1. The molecule has 0 aliphatic heterocycles. The fraction of sp³-hybridized carbons (Fsp3) is 0.0556. The van der Waals surface area contributed by atoms with Gasteiger partial charge in [0, 0.05) is 36.4 Å². The molecule has 2 aromatic carbocycles. The highest BCUT2D eigenvalue weighted by Crippen LogP contribution is 2.24. The number of fused-ring (bicyclic) bond motifs is 3. The van der Waals surface area contributed by atoms with Gasteiger partial charge < -0.3 is 8.98 Å². The monoisotopic (exact) mass is 289 g/mol. The molecule has 0 saturated heterocycles. The summed E-state index contributed by atoms with van der Waals surface area (Å²) < 4.78 is 9.81. The Morgan fingerprint density at radius 3 is 2.50 bits per heavy atom. The molecule has 0 aliphatic rings. The Morgan fingerprint density at radius 1 is 0.909 bits per heavy atom. The third kappa shape index (κ3) is 1.97. The predicted octanol–water partition coefficient (Wildman–Crippen LogP) is 4.23. The van der Waals surface area contributed by atoms with Crippen LogP contribution >= 0.6 is 0 Å². The fourth-order valence-corrected chi connectivity index (χ4v) is 2.71. The number of benzene rings is 2. The van der Waals surface area contributed by atoms with Gasteiger partial charge in [0.25, 0.3) is 0 Å². The summed E-state index contributed by atoms with van der Waals surface area (Å²) >= 11 is 0. The molecule has 2 heterocycles. The normalized spacial score (nSPS) is 11.0. The first kappa shape index (κ1) is 12.7. The second-order valence-corrected chi connectivity index (χ2v) is 5.12. The van der Waals surface area contributed by atoms with Gasteiger partial charge in [0.1, 0.15) is 11.8 Å². The third-order valence-corrected chi connectivity index (χ3v) is 3.76. The number of hydrogen-bond acceptors (Lipinski definition) is 2. The van der Waals surface area contributed by atoms with E-state index in [2.05, 4.69) is 23.2 Å². The Labute approximate surface area is 127 Å². The zero-order valence-electron chi connectivity index (χ0n) is 12.2. The van der Waals surface area contributed by atoms with Gasteiger partial charge in [-0.1, -0.05) is 36.4 Å². The van der Waals surface area contributed by atoms with Gasteiger partial charge in [0.05, 0.1) is 5.52 Å². The summed E-state index contributed by atoms with van der Waals surface area (Å²) in [6, 6.07) is 16.3. The first-order valence-corrected chi connectivity index (χ1v) is 7.13. The molecule has 0 N–H and O–H groups in total. The summed E-state index contributed by atoms with van der Waals surface area (Å²) in [6.45, 7) is 0. The molecule has 0 unspecified atom stereocenters. The maximum absolute atomic E-state index is 5.79. The van der Waals surface area contributed by atoms with E-state index in [0.717, 1.165) is 27.8 Å². The largest absolute Gasteiger partial charge is 0.463 e. The minimum Gasteiger partial charge on any atom is -0.463 e. The highest BCUT2D eigenvalue weighted by Gasteiger charge is 2.06. The Hall–Kier alpha value is -3.01. The van der Waals surface area contributed by atoms with Gasteiger partial charge in [-0.3, -0.25) is 4.57 Å². The van der Waals surface area contributed by atoms with Crippen molar-refractivity contribution in [2.24, 2.45) is 7.05 Å². The van der Waals surface area contributed by atoms with Crippen LogP contribution in [0.5, 0.6) is 0 Å². The topological polar surface area (TPSA) is 35.9 Å². The van der Waals surface area contributed by atoms with Crippen molar-refractivity contribution in [3.63, 3.8) is 0 Å². The standard InChI is InChI=1S/C18H15N3O/c1-20-11-10-19-18(20)21-12-13-22-17-9-5-3-7-15(17)14-6-2-4-8-16(14)21/h2-13H,1H3. The molecule has 4 nitrogen and oxygen atoms in total. The average Bonchev–Trinajstić information content (AvgIpc) is 2.96. The number of aryl methyl sites for hydroxylation is 1. The van der Waals surface area contributed by atoms with Crippen LogP contribution in [0, 0.1) is 0 Å². The van der Waals surface area contributed by atoms with E-state index in [0.29, 0.717) is 0 Å². The molecule has 4 heteroatoms. The Bertz CT molecular complexity index is 1010. The first-order valence-electron chi connectivity index (χ1n) is 7.13. The summed E-state index contributed by atoms with van der Waals surface area (Å²) in [5, 5.41) is 2.19. The smallest absolute Gasteiger partial charge is 0.214 e. The minimum absolute atomic E-state index is 0.840. The van der Waals surface area contributed by atoms with E-state index in [-0.39, 0.29) is 0 Å². The van der Waals surface area contributed by atoms with Crippen LogP contribution in [0.4, 0.5) is 0 Å². The molecular weight excluding hydrogens is 274 g/mol. The molecule has 0 aliphatic carbocycles. The van der Waals surface area contributed by atoms with Gasteiger partial charge in [-0.15, -0.1) is 0 Å². The molecule has 0 amide bonds. The van der Waals surface area contributed by atoms with E-state index in [1.54, 1.807) is 12.5 Å². The lowest BCUT2D eigenvalue weighted by atomic mass is 10.1. The van der Waals surface area contributed by atoms with Crippen molar-refractivity contribution in [1.82, 2.24) is 14.1 Å². The Kier molecular flexibility index (Phi) is 2.93. The number of hydrogen-bond donors (Lipinski definition) is 0. The molecule has 4 aromatic rings. The van der Waals surface area contributed by atoms with E-state index in [1.807, 2.05) is 58.9 Å². The van der Waals surface area contributed by atoms with Crippen LogP contribution < -0.4 is 0 Å². The highest BCUT2D eigenvalue weighted by molar-refractivity contribution is 6.02. The van der Waals surface area contributed by atoms with Gasteiger partial charge in [0.2, 0.25) is 5.95 Å². The molecule has 0 fully saturated rings. The van der Waals surface area contributed by atoms with Gasteiger partial charge in [-0.25, -0.2) is 4.98 Å². The van der Waals surface area contributed by atoms with Crippen molar-refractivity contribution in [1.29, 1.82) is 0 Å². The molecule has 108 valence electrons. The lowest BCUT2D eigenvalue weighted by Gasteiger charge is -2.10. The van der Waals surface area contributed by atoms with Crippen LogP contribution in [-0.4, -0.2) is 14.1 Å². The van der Waals surface area contributed by atoms with E-state index in [1.165, 1.54) is 0 Å². The molecular formula is C18H15N3O. The van der Waals surface area contributed by atoms with Crippen molar-refractivity contribution in [2.75, 3.05) is 0 Å². The van der Waals surface area contributed by atoms with E-state index in [4.69, 9.17) is 4.42 Å². The van der Waals surface area contributed by atoms with Crippen molar-refractivity contribution in [2.45, 2.75) is 0 Å². The summed E-state index contributed by atoms with van der Waals surface area (Å²) in [4.78, 5) is 4.45. The van der Waals surface area contributed by atoms with E-state index >= 15 is 0 Å². The van der Waals surface area contributed by atoms with Crippen LogP contribution in [0.3, 0.4) is 0 Å². The van der Waals surface area contributed by atoms with Gasteiger partial charge >= 0.3 is 0 Å². The third-order valence-electron chi connectivity index (χ3n) is 3.76. The molecule has 2 aromatic heterocycles. The molecule has 4 rings (SSSR count). The van der Waals surface area contributed by atoms with Crippen LogP contribution in [-0.2, 0) is 7.05 Å². The predicted molar refractivity (Wildman–Crippen MR) is 87.4 cm³/mol. The summed E-state index contributed by atoms with van der Waals surface area (Å²) in [7, 11) is 1.98. The van der Waals surface area contributed by atoms with Crippen molar-refractivity contribution in [3.8, 4) is 5.95 Å². The van der Waals surface area contributed by atoms with Gasteiger partial charge in [-0.2, -0.15) is 0 Å². The maximum Gasteiger partial charge on any atom is 0.214 e. The Morgan fingerprint density at radius 2 is 1.68 bits per heavy atom. The van der Waals surface area contributed by atoms with Crippen LogP contribution in [0.1, 0.15) is 0 Å². The molecule has 0 spiro atoms. The highest BCUT2D eigenvalue weighted by atomic mass is 16.3. The second-order valence-electron chi connectivity index (χ2n) is 5.12. The maximum atomic E-state index is 5.79. The van der Waals surface area contributed by atoms with E-state index in [9.17, 15) is 0 Å². The summed E-state index contributed by atoms with van der Waals surface area (Å²) in [5.74, 6) is 0.840. The molecule has 0 radical (unpaired) electrons. The second kappa shape index (κ2) is 5.07. The number of nitrogens with zero attached hydrogens (tertiary/aromatic N) is 3. The van der Waals surface area contributed by atoms with Crippen LogP contribution in [0.2, 0.25) is 0 Å². The van der Waals surface area contributed by atoms with Crippen LogP contribution in [0.15, 0.2) is 77.8 Å². The quantitative estimate of drug-likeness (QED) is 0.525. The number of para-hydroxylation sites is 2. The van der Waals surface area contributed by atoms with Crippen LogP contribution in [0.25, 0.3) is 27.8 Å². The average molecular weight is 289 g/mol. The zero-order valence-corrected chi connectivity index (χ0v) is 12.2. The molecule has 0 atom stereocenters. The van der Waals surface area contributed by atoms with Crippen molar-refractivity contribution < 1.29 is 4.42 Å². The first-order chi connectivity index (χ1) is 10.8.